The number of fused-ring (bicyclic) bond motifs is 8. The molecular formula is C42H27NO. The smallest absolute Gasteiger partial charge is 0.143 e. The second kappa shape index (κ2) is 9.86. The molecule has 7 aromatic carbocycles. The van der Waals surface area contributed by atoms with Crippen molar-refractivity contribution in [2.24, 2.45) is 0 Å². The number of furan rings is 1. The van der Waals surface area contributed by atoms with Crippen LogP contribution in [0.3, 0.4) is 0 Å². The molecule has 0 aliphatic carbocycles. The fourth-order valence-corrected chi connectivity index (χ4v) is 6.78. The lowest BCUT2D eigenvalue weighted by atomic mass is 9.92. The van der Waals surface area contributed by atoms with Crippen LogP contribution >= 0.6 is 0 Å². The zero-order valence-corrected chi connectivity index (χ0v) is 23.9. The second-order valence-electron chi connectivity index (χ2n) is 11.3. The molecule has 1 aromatic heterocycles. The molecule has 1 aliphatic rings. The van der Waals surface area contributed by atoms with Crippen molar-refractivity contribution in [1.29, 1.82) is 0 Å². The molecule has 0 atom stereocenters. The van der Waals surface area contributed by atoms with Crippen LogP contribution in [0, 0.1) is 0 Å². The zero-order valence-electron chi connectivity index (χ0n) is 23.9. The summed E-state index contributed by atoms with van der Waals surface area (Å²) < 4.78 is 6.45. The van der Waals surface area contributed by atoms with Crippen molar-refractivity contribution < 1.29 is 4.42 Å². The number of hydrogen-bond acceptors (Lipinski definition) is 2. The largest absolute Gasteiger partial charge is 0.455 e. The van der Waals surface area contributed by atoms with E-state index in [0.29, 0.717) is 0 Å². The third-order valence-corrected chi connectivity index (χ3v) is 8.84. The van der Waals surface area contributed by atoms with Gasteiger partial charge in [-0.05, 0) is 64.2 Å². The van der Waals surface area contributed by atoms with Crippen LogP contribution in [-0.2, 0) is 0 Å². The van der Waals surface area contributed by atoms with Crippen molar-refractivity contribution in [3.05, 3.63) is 164 Å². The average molecular weight is 562 g/mol. The maximum atomic E-state index is 6.45. The summed E-state index contributed by atoms with van der Waals surface area (Å²) in [5.74, 6) is 0. The van der Waals surface area contributed by atoms with Crippen molar-refractivity contribution in [1.82, 2.24) is 0 Å². The van der Waals surface area contributed by atoms with Gasteiger partial charge in [0.15, 0.2) is 0 Å². The Labute approximate surface area is 256 Å². The summed E-state index contributed by atoms with van der Waals surface area (Å²) in [5.41, 5.74) is 14.8. The Morgan fingerprint density at radius 1 is 0.364 bits per heavy atom. The standard InChI is InChI=1S/C42H27NO/c1-2-11-28(12-3-1)29-21-24-31(25-22-29)43-39-19-8-6-15-35(39)33-13-4-5-14-34(33)38-27-30(23-26-40(38)43)32-17-10-18-37-36-16-7-9-20-41(36)44-42(32)37/h1-27H. The Balaban J connectivity index is 1.27. The summed E-state index contributed by atoms with van der Waals surface area (Å²) in [4.78, 5) is 2.41. The van der Waals surface area contributed by atoms with Gasteiger partial charge >= 0.3 is 0 Å². The van der Waals surface area contributed by atoms with Crippen LogP contribution in [-0.4, -0.2) is 0 Å². The highest BCUT2D eigenvalue weighted by molar-refractivity contribution is 6.10. The first-order valence-electron chi connectivity index (χ1n) is 15.0. The minimum Gasteiger partial charge on any atom is -0.455 e. The van der Waals surface area contributed by atoms with Crippen LogP contribution in [0.1, 0.15) is 0 Å². The molecule has 0 saturated heterocycles. The van der Waals surface area contributed by atoms with Gasteiger partial charge in [-0.1, -0.05) is 127 Å². The van der Waals surface area contributed by atoms with Crippen LogP contribution in [0.25, 0.3) is 66.4 Å². The first-order chi connectivity index (χ1) is 21.8. The minimum atomic E-state index is 0.913. The normalized spacial score (nSPS) is 12.0. The highest BCUT2D eigenvalue weighted by atomic mass is 16.3. The number of hydrogen-bond donors (Lipinski definition) is 0. The molecule has 2 heteroatoms. The molecule has 0 fully saturated rings. The third kappa shape index (κ3) is 3.82. The maximum Gasteiger partial charge on any atom is 0.143 e. The van der Waals surface area contributed by atoms with Crippen molar-refractivity contribution in [2.75, 3.05) is 4.90 Å². The van der Waals surface area contributed by atoms with Crippen LogP contribution in [0.15, 0.2) is 168 Å². The van der Waals surface area contributed by atoms with Gasteiger partial charge in [-0.25, -0.2) is 0 Å². The molecule has 9 rings (SSSR count). The molecule has 2 heterocycles. The molecule has 0 radical (unpaired) electrons. The highest BCUT2D eigenvalue weighted by Crippen LogP contribution is 2.51. The van der Waals surface area contributed by atoms with Gasteiger partial charge in [-0.3, -0.25) is 0 Å². The van der Waals surface area contributed by atoms with E-state index in [1.54, 1.807) is 0 Å². The Kier molecular flexibility index (Phi) is 5.54. The topological polar surface area (TPSA) is 16.4 Å². The van der Waals surface area contributed by atoms with Crippen LogP contribution < -0.4 is 4.90 Å². The lowest BCUT2D eigenvalue weighted by Gasteiger charge is -2.27. The van der Waals surface area contributed by atoms with E-state index in [1.807, 2.05) is 12.1 Å². The van der Waals surface area contributed by atoms with Crippen molar-refractivity contribution in [3.8, 4) is 44.5 Å². The first kappa shape index (κ1) is 24.7. The second-order valence-corrected chi connectivity index (χ2v) is 11.3. The summed E-state index contributed by atoms with van der Waals surface area (Å²) in [5, 5.41) is 2.28. The Bertz CT molecular complexity index is 2330. The van der Waals surface area contributed by atoms with E-state index < -0.39 is 0 Å². The highest BCUT2D eigenvalue weighted by Gasteiger charge is 2.26. The van der Waals surface area contributed by atoms with E-state index in [1.165, 1.54) is 39.1 Å². The molecule has 0 spiro atoms. The molecule has 44 heavy (non-hydrogen) atoms. The van der Waals surface area contributed by atoms with Gasteiger partial charge in [0.25, 0.3) is 0 Å². The summed E-state index contributed by atoms with van der Waals surface area (Å²) in [6, 6.07) is 58.6. The number of benzene rings is 7. The molecule has 1 aliphatic heterocycles. The van der Waals surface area contributed by atoms with Gasteiger partial charge in [-0.2, -0.15) is 0 Å². The molecule has 0 bridgehead atoms. The third-order valence-electron chi connectivity index (χ3n) is 8.84. The quantitative estimate of drug-likeness (QED) is 0.213. The zero-order chi connectivity index (χ0) is 29.0. The molecule has 0 unspecified atom stereocenters. The van der Waals surface area contributed by atoms with Crippen LogP contribution in [0.5, 0.6) is 0 Å². The molecule has 206 valence electrons. The van der Waals surface area contributed by atoms with Gasteiger partial charge in [0.1, 0.15) is 11.2 Å². The lowest BCUT2D eigenvalue weighted by molar-refractivity contribution is 0.670. The van der Waals surface area contributed by atoms with E-state index in [9.17, 15) is 0 Å². The SMILES string of the molecule is c1ccc(-c2ccc(N3c4ccccc4-c4ccccc4-c4cc(-c5cccc6c5oc5ccccc56)ccc43)cc2)cc1. The van der Waals surface area contributed by atoms with Crippen molar-refractivity contribution in [3.63, 3.8) is 0 Å². The Morgan fingerprint density at radius 3 is 1.80 bits per heavy atom. The molecule has 0 N–H and O–H groups in total. The monoisotopic (exact) mass is 561 g/mol. The molecule has 8 aromatic rings. The van der Waals surface area contributed by atoms with E-state index in [4.69, 9.17) is 4.42 Å². The number of rotatable bonds is 3. The molecule has 2 nitrogen and oxygen atoms in total. The minimum absolute atomic E-state index is 0.913. The molecule has 0 saturated carbocycles. The van der Waals surface area contributed by atoms with Gasteiger partial charge in [0.05, 0.1) is 11.4 Å². The van der Waals surface area contributed by atoms with E-state index in [-0.39, 0.29) is 0 Å². The summed E-state index contributed by atoms with van der Waals surface area (Å²) in [6.07, 6.45) is 0. The van der Waals surface area contributed by atoms with E-state index in [0.717, 1.165) is 44.4 Å². The fourth-order valence-electron chi connectivity index (χ4n) is 6.78. The van der Waals surface area contributed by atoms with Crippen LogP contribution in [0.2, 0.25) is 0 Å². The summed E-state index contributed by atoms with van der Waals surface area (Å²) >= 11 is 0. The average Bonchev–Trinajstić information content (AvgIpc) is 3.43. The fraction of sp³-hybridized carbons (Fsp3) is 0. The van der Waals surface area contributed by atoms with Gasteiger partial charge < -0.3 is 9.32 Å². The van der Waals surface area contributed by atoms with E-state index >= 15 is 0 Å². The lowest BCUT2D eigenvalue weighted by Crippen LogP contribution is -2.10. The van der Waals surface area contributed by atoms with Gasteiger partial charge in [-0.15, -0.1) is 0 Å². The predicted molar refractivity (Wildman–Crippen MR) is 184 cm³/mol. The first-order valence-corrected chi connectivity index (χ1v) is 15.0. The van der Waals surface area contributed by atoms with E-state index in [2.05, 4.69) is 157 Å². The number of nitrogens with zero attached hydrogens (tertiary/aromatic N) is 1. The predicted octanol–water partition coefficient (Wildman–Crippen LogP) is 12.0. The van der Waals surface area contributed by atoms with Gasteiger partial charge in [0.2, 0.25) is 0 Å². The van der Waals surface area contributed by atoms with Gasteiger partial charge in [0, 0.05) is 33.2 Å². The van der Waals surface area contributed by atoms with Crippen molar-refractivity contribution >= 4 is 39.0 Å². The van der Waals surface area contributed by atoms with Crippen molar-refractivity contribution in [2.45, 2.75) is 0 Å². The number of para-hydroxylation sites is 3. The maximum absolute atomic E-state index is 6.45. The molecular weight excluding hydrogens is 534 g/mol. The molecule has 0 amide bonds. The summed E-state index contributed by atoms with van der Waals surface area (Å²) in [7, 11) is 0. The number of anilines is 3. The summed E-state index contributed by atoms with van der Waals surface area (Å²) in [6.45, 7) is 0. The Morgan fingerprint density at radius 2 is 0.955 bits per heavy atom. The van der Waals surface area contributed by atoms with Crippen LogP contribution in [0.4, 0.5) is 17.1 Å². The Hall–Kier alpha value is -5.86.